The van der Waals surface area contributed by atoms with Gasteiger partial charge in [-0.15, -0.1) is 0 Å². The van der Waals surface area contributed by atoms with Crippen molar-refractivity contribution in [2.45, 2.75) is 31.0 Å². The third kappa shape index (κ3) is 10.1. The number of aliphatic carboxylic acids is 2. The number of carbonyl (C=O) groups is 4. The molecule has 13 nitrogen and oxygen atoms in total. The lowest BCUT2D eigenvalue weighted by molar-refractivity contribution is -0.141. The Morgan fingerprint density at radius 1 is 1.08 bits per heavy atom. The van der Waals surface area contributed by atoms with Crippen molar-refractivity contribution in [3.05, 3.63) is 0 Å². The summed E-state index contributed by atoms with van der Waals surface area (Å²) in [4.78, 5) is 45.2. The first-order valence-electron chi connectivity index (χ1n) is 6.91. The highest BCUT2D eigenvalue weighted by Gasteiger charge is 2.27. The summed E-state index contributed by atoms with van der Waals surface area (Å²) in [6.45, 7) is -1.03. The quantitative estimate of drug-likeness (QED) is 0.125. The molecule has 7 N–H and O–H groups in total. The van der Waals surface area contributed by atoms with E-state index >= 15 is 0 Å². The first-order valence-corrected chi connectivity index (χ1v) is 8.90. The number of nitrogens with two attached hydrogens (primary N) is 1. The van der Waals surface area contributed by atoms with Crippen LogP contribution in [0, 0.1) is 0 Å². The lowest BCUT2D eigenvalue weighted by atomic mass is 10.1. The van der Waals surface area contributed by atoms with Gasteiger partial charge in [0.2, 0.25) is 11.8 Å². The van der Waals surface area contributed by atoms with Crippen molar-refractivity contribution in [3.8, 4) is 0 Å². The Bertz CT molecular complexity index is 638. The summed E-state index contributed by atoms with van der Waals surface area (Å²) in [7, 11) is -4.94. The van der Waals surface area contributed by atoms with Crippen LogP contribution in [0.2, 0.25) is 0 Å². The van der Waals surface area contributed by atoms with Gasteiger partial charge in [0, 0.05) is 12.2 Å². The maximum atomic E-state index is 12.0. The lowest BCUT2D eigenvalue weighted by Crippen LogP contribution is -2.54. The van der Waals surface area contributed by atoms with E-state index in [9.17, 15) is 27.6 Å². The highest BCUT2D eigenvalue weighted by molar-refractivity contribution is 7.81. The van der Waals surface area contributed by atoms with Gasteiger partial charge in [-0.3, -0.25) is 18.9 Å². The van der Waals surface area contributed by atoms with Crippen molar-refractivity contribution in [2.24, 2.45) is 5.73 Å². The molecular formula is C11H19N3O10S2. The van der Waals surface area contributed by atoms with Crippen LogP contribution in [-0.4, -0.2) is 77.4 Å². The van der Waals surface area contributed by atoms with Crippen LogP contribution in [0.4, 0.5) is 0 Å². The summed E-state index contributed by atoms with van der Waals surface area (Å²) in [5.41, 5.74) is 5.22. The van der Waals surface area contributed by atoms with Crippen molar-refractivity contribution >= 4 is 46.8 Å². The summed E-state index contributed by atoms with van der Waals surface area (Å²) in [5.74, 6) is -5.07. The van der Waals surface area contributed by atoms with Crippen molar-refractivity contribution in [2.75, 3.05) is 12.4 Å². The molecular weight excluding hydrogens is 398 g/mol. The third-order valence-electron chi connectivity index (χ3n) is 2.83. The summed E-state index contributed by atoms with van der Waals surface area (Å²) >= 11 is 3.72. The maximum Gasteiger partial charge on any atom is 0.397 e. The second kappa shape index (κ2) is 10.9. The van der Waals surface area contributed by atoms with Crippen molar-refractivity contribution in [1.82, 2.24) is 10.6 Å². The molecule has 150 valence electrons. The van der Waals surface area contributed by atoms with Gasteiger partial charge in [0.15, 0.2) is 0 Å². The van der Waals surface area contributed by atoms with E-state index < -0.39 is 65.3 Å². The van der Waals surface area contributed by atoms with E-state index in [0.29, 0.717) is 0 Å². The van der Waals surface area contributed by atoms with Crippen LogP contribution in [-0.2, 0) is 33.8 Å². The van der Waals surface area contributed by atoms with Crippen molar-refractivity contribution in [3.63, 3.8) is 0 Å². The van der Waals surface area contributed by atoms with Gasteiger partial charge in [-0.05, 0) is 6.42 Å². The number of rotatable bonds is 12. The smallest absolute Gasteiger partial charge is 0.397 e. The van der Waals surface area contributed by atoms with Crippen LogP contribution in [0.5, 0.6) is 0 Å². The lowest BCUT2D eigenvalue weighted by Gasteiger charge is -2.20. The van der Waals surface area contributed by atoms with Gasteiger partial charge in [0.1, 0.15) is 18.1 Å². The number of carbonyl (C=O) groups excluding carboxylic acids is 2. The Balaban J connectivity index is 4.98. The topological polar surface area (TPSA) is 222 Å². The minimum absolute atomic E-state index is 0.275. The zero-order valence-corrected chi connectivity index (χ0v) is 14.9. The largest absolute Gasteiger partial charge is 0.480 e. The van der Waals surface area contributed by atoms with Gasteiger partial charge in [0.05, 0.1) is 6.61 Å². The number of amides is 2. The molecule has 0 aliphatic heterocycles. The van der Waals surface area contributed by atoms with Crippen LogP contribution in [0.1, 0.15) is 12.8 Å². The fraction of sp³-hybridized carbons (Fsp3) is 0.636. The second-order valence-corrected chi connectivity index (χ2v) is 6.35. The van der Waals surface area contributed by atoms with Crippen molar-refractivity contribution < 1.29 is 46.5 Å². The van der Waals surface area contributed by atoms with Crippen LogP contribution < -0.4 is 16.4 Å². The van der Waals surface area contributed by atoms with Gasteiger partial charge >= 0.3 is 22.3 Å². The first-order chi connectivity index (χ1) is 11.9. The number of thiol groups is 1. The Hall–Kier alpha value is -1.94. The average molecular weight is 417 g/mol. The Morgan fingerprint density at radius 3 is 2.08 bits per heavy atom. The second-order valence-electron chi connectivity index (χ2n) is 4.90. The highest BCUT2D eigenvalue weighted by atomic mass is 32.3. The number of nitrogens with one attached hydrogen (secondary N) is 2. The molecule has 2 amide bonds. The summed E-state index contributed by atoms with van der Waals surface area (Å²) < 4.78 is 33.8. The Kier molecular flexibility index (Phi) is 10.1. The molecule has 26 heavy (non-hydrogen) atoms. The number of carboxylic acids is 2. The predicted octanol–water partition coefficient (Wildman–Crippen LogP) is -3.02. The first kappa shape index (κ1) is 24.1. The molecule has 0 bridgehead atoms. The SMILES string of the molecule is N[C@@H](CCC(=O)N[C@@H](COS(=O)(=O)O)C(=O)N[C@@H](CS)C(=O)O)C(=O)O. The minimum Gasteiger partial charge on any atom is -0.480 e. The number of carboxylic acid groups (broad SMARTS) is 2. The van der Waals surface area contributed by atoms with E-state index in [2.05, 4.69) is 16.8 Å². The monoisotopic (exact) mass is 417 g/mol. The van der Waals surface area contributed by atoms with Gasteiger partial charge < -0.3 is 26.6 Å². The molecule has 0 aromatic rings. The predicted molar refractivity (Wildman–Crippen MR) is 87.7 cm³/mol. The highest BCUT2D eigenvalue weighted by Crippen LogP contribution is 1.99. The summed E-state index contributed by atoms with van der Waals surface area (Å²) in [6, 6.07) is -4.45. The van der Waals surface area contributed by atoms with Gasteiger partial charge in [-0.25, -0.2) is 8.98 Å². The standard InChI is InChI=1S/C11H19N3O10S2/c12-5(10(17)18)1-2-8(15)13-6(3-24-26(21,22)23)9(16)14-7(4-25)11(19)20/h5-7,25H,1-4,12H2,(H,13,15)(H,14,16)(H,17,18)(H,19,20)(H,21,22,23)/t5-,6-,7-/m0/s1. The molecule has 0 radical (unpaired) electrons. The molecule has 0 aromatic carbocycles. The molecule has 0 aliphatic rings. The van der Waals surface area contributed by atoms with Gasteiger partial charge in [0.25, 0.3) is 0 Å². The molecule has 15 heteroatoms. The zero-order valence-electron chi connectivity index (χ0n) is 13.2. The molecule has 0 heterocycles. The Labute approximate surface area is 153 Å². The summed E-state index contributed by atoms with van der Waals surface area (Å²) in [6.07, 6.45) is -0.693. The normalized spacial score (nSPS) is 14.7. The molecule has 0 aliphatic carbocycles. The van der Waals surface area contributed by atoms with Crippen LogP contribution >= 0.6 is 12.6 Å². The van der Waals surface area contributed by atoms with E-state index in [1.54, 1.807) is 0 Å². The average Bonchev–Trinajstić information content (AvgIpc) is 2.52. The van der Waals surface area contributed by atoms with Crippen LogP contribution in [0.15, 0.2) is 0 Å². The van der Waals surface area contributed by atoms with E-state index in [-0.39, 0.29) is 12.2 Å². The zero-order chi connectivity index (χ0) is 20.5. The minimum atomic E-state index is -4.94. The van der Waals surface area contributed by atoms with Crippen LogP contribution in [0.25, 0.3) is 0 Å². The van der Waals surface area contributed by atoms with Gasteiger partial charge in [-0.1, -0.05) is 0 Å². The summed E-state index contributed by atoms with van der Waals surface area (Å²) in [5, 5.41) is 21.5. The molecule has 0 rings (SSSR count). The Morgan fingerprint density at radius 2 is 1.65 bits per heavy atom. The van der Waals surface area contributed by atoms with E-state index in [1.807, 2.05) is 10.6 Å². The van der Waals surface area contributed by atoms with Crippen molar-refractivity contribution in [1.29, 1.82) is 0 Å². The number of hydrogen-bond acceptors (Lipinski definition) is 9. The van der Waals surface area contributed by atoms with Crippen LogP contribution in [0.3, 0.4) is 0 Å². The van der Waals surface area contributed by atoms with E-state index in [1.165, 1.54) is 0 Å². The van der Waals surface area contributed by atoms with E-state index in [0.717, 1.165) is 0 Å². The maximum absolute atomic E-state index is 12.0. The molecule has 3 atom stereocenters. The van der Waals surface area contributed by atoms with E-state index in [4.69, 9.17) is 20.5 Å². The fourth-order valence-electron chi connectivity index (χ4n) is 1.47. The molecule has 0 aromatic heterocycles. The molecule has 0 unspecified atom stereocenters. The molecule has 0 spiro atoms. The number of hydrogen-bond donors (Lipinski definition) is 7. The molecule has 0 saturated heterocycles. The fourth-order valence-corrected chi connectivity index (χ4v) is 2.03. The molecule has 0 fully saturated rings. The third-order valence-corrected chi connectivity index (χ3v) is 3.63. The molecule has 0 saturated carbocycles. The van der Waals surface area contributed by atoms with Gasteiger partial charge in [-0.2, -0.15) is 21.0 Å².